The van der Waals surface area contributed by atoms with E-state index in [-0.39, 0.29) is 11.9 Å². The Balaban J connectivity index is 1.53. The van der Waals surface area contributed by atoms with E-state index in [9.17, 15) is 13.2 Å². The molecule has 1 aromatic rings. The van der Waals surface area contributed by atoms with Crippen LogP contribution in [0.4, 0.5) is 0 Å². The maximum Gasteiger partial charge on any atom is 0.246 e. The van der Waals surface area contributed by atoms with Gasteiger partial charge >= 0.3 is 0 Å². The summed E-state index contributed by atoms with van der Waals surface area (Å²) in [6, 6.07) is 8.20. The van der Waals surface area contributed by atoms with Gasteiger partial charge in [-0.1, -0.05) is 24.3 Å². The van der Waals surface area contributed by atoms with E-state index in [1.54, 1.807) is 6.08 Å². The Bertz CT molecular complexity index is 734. The molecule has 0 radical (unpaired) electrons. The number of nitrogens with one attached hydrogen (secondary N) is 1. The molecule has 1 aromatic carbocycles. The van der Waals surface area contributed by atoms with Gasteiger partial charge in [0, 0.05) is 12.5 Å². The van der Waals surface area contributed by atoms with Crippen molar-refractivity contribution in [1.82, 2.24) is 4.90 Å². The zero-order valence-corrected chi connectivity index (χ0v) is 14.9. The van der Waals surface area contributed by atoms with Crippen LogP contribution in [0.1, 0.15) is 17.5 Å². The van der Waals surface area contributed by atoms with Gasteiger partial charge in [0.1, 0.15) is 11.8 Å². The molecule has 0 aliphatic carbocycles. The number of carbonyl (C=O) groups excluding carboxylic acids is 1. The van der Waals surface area contributed by atoms with Crippen molar-refractivity contribution in [1.29, 1.82) is 0 Å². The summed E-state index contributed by atoms with van der Waals surface area (Å²) in [6.07, 6.45) is 4.28. The highest BCUT2D eigenvalue weighted by molar-refractivity contribution is 7.91. The molecular weight excluding hydrogens is 324 g/mol. The smallest absolute Gasteiger partial charge is 0.246 e. The van der Waals surface area contributed by atoms with Gasteiger partial charge in [0.15, 0.2) is 9.84 Å². The maximum atomic E-state index is 12.3. The van der Waals surface area contributed by atoms with E-state index in [0.29, 0.717) is 24.6 Å². The minimum Gasteiger partial charge on any atom is -0.329 e. The van der Waals surface area contributed by atoms with Crippen molar-refractivity contribution in [2.24, 2.45) is 0 Å². The lowest BCUT2D eigenvalue weighted by Crippen LogP contribution is -3.18. The fourth-order valence-electron chi connectivity index (χ4n) is 3.58. The molecule has 2 saturated heterocycles. The van der Waals surface area contributed by atoms with Crippen molar-refractivity contribution < 1.29 is 18.1 Å². The number of carbonyl (C=O) groups is 1. The summed E-state index contributed by atoms with van der Waals surface area (Å²) in [5, 5.41) is 0. The molecule has 5 nitrogen and oxygen atoms in total. The Hall–Kier alpha value is -1.66. The van der Waals surface area contributed by atoms with Gasteiger partial charge in [-0.25, -0.2) is 8.42 Å². The van der Waals surface area contributed by atoms with Gasteiger partial charge < -0.3 is 9.80 Å². The van der Waals surface area contributed by atoms with E-state index in [4.69, 9.17) is 0 Å². The lowest BCUT2D eigenvalue weighted by atomic mass is 10.1. The SMILES string of the molecule is Cc1ccccc1/C=C/C(=O)N1CC[NH+]([C@@H]2CCS(=O)(=O)C2)CC1. The normalized spacial score (nSPS) is 24.5. The van der Waals surface area contributed by atoms with Crippen LogP contribution in [0.15, 0.2) is 30.3 Å². The van der Waals surface area contributed by atoms with Crippen LogP contribution in [-0.4, -0.2) is 63.0 Å². The summed E-state index contributed by atoms with van der Waals surface area (Å²) in [6.45, 7) is 5.10. The average Bonchev–Trinajstić information content (AvgIpc) is 2.94. The van der Waals surface area contributed by atoms with Gasteiger partial charge in [-0.15, -0.1) is 0 Å². The molecule has 24 heavy (non-hydrogen) atoms. The van der Waals surface area contributed by atoms with Crippen LogP contribution < -0.4 is 4.90 Å². The number of amides is 1. The predicted molar refractivity (Wildman–Crippen MR) is 94.5 cm³/mol. The molecule has 0 spiro atoms. The monoisotopic (exact) mass is 349 g/mol. The van der Waals surface area contributed by atoms with Crippen molar-refractivity contribution in [3.63, 3.8) is 0 Å². The number of rotatable bonds is 3. The van der Waals surface area contributed by atoms with Crippen molar-refractivity contribution in [2.45, 2.75) is 19.4 Å². The van der Waals surface area contributed by atoms with Crippen molar-refractivity contribution in [3.8, 4) is 0 Å². The molecule has 3 rings (SSSR count). The highest BCUT2D eigenvalue weighted by Crippen LogP contribution is 2.11. The number of aryl methyl sites for hydroxylation is 1. The third-order valence-electron chi connectivity index (χ3n) is 5.12. The average molecular weight is 349 g/mol. The fourth-order valence-corrected chi connectivity index (χ4v) is 5.41. The summed E-state index contributed by atoms with van der Waals surface area (Å²) in [5.41, 5.74) is 2.21. The lowest BCUT2D eigenvalue weighted by Gasteiger charge is -2.34. The Labute approximate surface area is 143 Å². The number of benzene rings is 1. The molecule has 2 heterocycles. The van der Waals surface area contributed by atoms with Crippen LogP contribution in [-0.2, 0) is 14.6 Å². The highest BCUT2D eigenvalue weighted by atomic mass is 32.2. The second kappa shape index (κ2) is 7.07. The van der Waals surface area contributed by atoms with Crippen molar-refractivity contribution in [3.05, 3.63) is 41.5 Å². The number of nitrogens with zero attached hydrogens (tertiary/aromatic N) is 1. The molecule has 130 valence electrons. The van der Waals surface area contributed by atoms with E-state index in [1.165, 1.54) is 4.90 Å². The maximum absolute atomic E-state index is 12.3. The zero-order chi connectivity index (χ0) is 17.2. The van der Waals surface area contributed by atoms with Gasteiger partial charge in [-0.2, -0.15) is 0 Å². The fraction of sp³-hybridized carbons (Fsp3) is 0.500. The number of hydrogen-bond donors (Lipinski definition) is 1. The summed E-state index contributed by atoms with van der Waals surface area (Å²) in [5.74, 6) is 0.670. The van der Waals surface area contributed by atoms with Gasteiger partial charge in [0.25, 0.3) is 0 Å². The van der Waals surface area contributed by atoms with Crippen LogP contribution in [0.3, 0.4) is 0 Å². The largest absolute Gasteiger partial charge is 0.329 e. The van der Waals surface area contributed by atoms with E-state index >= 15 is 0 Å². The standard InChI is InChI=1S/C18H24N2O3S/c1-15-4-2-3-5-16(15)6-7-18(21)20-11-9-19(10-12-20)17-8-13-24(22,23)14-17/h2-7,17H,8-14H2,1H3/p+1/b7-6+/t17-/m1/s1. The first-order chi connectivity index (χ1) is 11.4. The van der Waals surface area contributed by atoms with Gasteiger partial charge in [-0.3, -0.25) is 4.79 Å². The molecule has 0 aromatic heterocycles. The summed E-state index contributed by atoms with van der Waals surface area (Å²) >= 11 is 0. The zero-order valence-electron chi connectivity index (χ0n) is 14.1. The van der Waals surface area contributed by atoms with Gasteiger partial charge in [0.05, 0.1) is 31.9 Å². The molecule has 1 amide bonds. The summed E-state index contributed by atoms with van der Waals surface area (Å²) < 4.78 is 23.2. The molecule has 0 unspecified atom stereocenters. The van der Waals surface area contributed by atoms with E-state index in [2.05, 4.69) is 0 Å². The topological polar surface area (TPSA) is 58.9 Å². The van der Waals surface area contributed by atoms with Crippen LogP contribution in [0.2, 0.25) is 0 Å². The van der Waals surface area contributed by atoms with Crippen molar-refractivity contribution in [2.75, 3.05) is 37.7 Å². The Morgan fingerprint density at radius 3 is 2.58 bits per heavy atom. The number of piperazine rings is 1. The molecule has 2 aliphatic heterocycles. The van der Waals surface area contributed by atoms with E-state index < -0.39 is 9.84 Å². The molecular formula is C18H25N2O3S+. The first-order valence-corrected chi connectivity index (χ1v) is 10.3. The number of hydrogen-bond acceptors (Lipinski definition) is 3. The first kappa shape index (κ1) is 17.2. The Kier molecular flexibility index (Phi) is 5.06. The van der Waals surface area contributed by atoms with Gasteiger partial charge in [-0.05, 0) is 24.1 Å². The predicted octanol–water partition coefficient (Wildman–Crippen LogP) is -0.0776. The van der Waals surface area contributed by atoms with Crippen LogP contribution in [0.5, 0.6) is 0 Å². The molecule has 2 aliphatic rings. The number of quaternary nitrogens is 1. The molecule has 6 heteroatoms. The summed E-state index contributed by atoms with van der Waals surface area (Å²) in [4.78, 5) is 15.5. The Morgan fingerprint density at radius 1 is 1.25 bits per heavy atom. The molecule has 1 N–H and O–H groups in total. The van der Waals surface area contributed by atoms with Crippen LogP contribution in [0, 0.1) is 6.92 Å². The second-order valence-electron chi connectivity index (χ2n) is 6.77. The second-order valence-corrected chi connectivity index (χ2v) is 9.00. The van der Waals surface area contributed by atoms with E-state index in [1.807, 2.05) is 42.2 Å². The lowest BCUT2D eigenvalue weighted by molar-refractivity contribution is -0.925. The van der Waals surface area contributed by atoms with Crippen molar-refractivity contribution >= 4 is 21.8 Å². The minimum absolute atomic E-state index is 0.0383. The molecule has 0 saturated carbocycles. The third kappa shape index (κ3) is 4.05. The van der Waals surface area contributed by atoms with Gasteiger partial charge in [0.2, 0.25) is 5.91 Å². The quantitative estimate of drug-likeness (QED) is 0.777. The van der Waals surface area contributed by atoms with E-state index in [0.717, 1.165) is 30.6 Å². The summed E-state index contributed by atoms with van der Waals surface area (Å²) in [7, 11) is -2.83. The van der Waals surface area contributed by atoms with Crippen LogP contribution >= 0.6 is 0 Å². The third-order valence-corrected chi connectivity index (χ3v) is 6.89. The minimum atomic E-state index is -2.83. The van der Waals surface area contributed by atoms with Crippen LogP contribution in [0.25, 0.3) is 6.08 Å². The number of sulfone groups is 1. The molecule has 2 fully saturated rings. The molecule has 1 atom stereocenters. The Morgan fingerprint density at radius 2 is 1.96 bits per heavy atom. The molecule has 0 bridgehead atoms. The highest BCUT2D eigenvalue weighted by Gasteiger charge is 2.37. The first-order valence-electron chi connectivity index (χ1n) is 8.52.